The van der Waals surface area contributed by atoms with E-state index in [0.29, 0.717) is 17.4 Å². The van der Waals surface area contributed by atoms with Gasteiger partial charge in [0.2, 0.25) is 11.8 Å². The smallest absolute Gasteiger partial charge is 0.325 e. The van der Waals surface area contributed by atoms with Gasteiger partial charge in [0.05, 0.1) is 23.8 Å². The summed E-state index contributed by atoms with van der Waals surface area (Å²) in [4.78, 5) is 53.0. The summed E-state index contributed by atoms with van der Waals surface area (Å²) in [5, 5.41) is 5.90. The van der Waals surface area contributed by atoms with Crippen molar-refractivity contribution in [2.45, 2.75) is 38.0 Å². The highest BCUT2D eigenvalue weighted by atomic mass is 32.2. The van der Waals surface area contributed by atoms with Crippen molar-refractivity contribution in [2.75, 3.05) is 19.4 Å². The van der Waals surface area contributed by atoms with Crippen LogP contribution < -0.4 is 16.2 Å². The molecule has 2 N–H and O–H groups in total. The van der Waals surface area contributed by atoms with Gasteiger partial charge in [-0.25, -0.2) is 4.98 Å². The minimum Gasteiger partial charge on any atom is -0.468 e. The summed E-state index contributed by atoms with van der Waals surface area (Å²) in [5.74, 6) is -1.33. The molecule has 0 bridgehead atoms. The predicted molar refractivity (Wildman–Crippen MR) is 110 cm³/mol. The number of thioether (sulfide) groups is 1. The monoisotopic (exact) mass is 420 g/mol. The Morgan fingerprint density at radius 3 is 2.69 bits per heavy atom. The van der Waals surface area contributed by atoms with E-state index in [2.05, 4.69) is 20.4 Å². The molecule has 10 heteroatoms. The number of ether oxygens (including phenoxy) is 1. The average molecular weight is 420 g/mol. The third-order valence-electron chi connectivity index (χ3n) is 3.99. The van der Waals surface area contributed by atoms with Gasteiger partial charge in [0.1, 0.15) is 12.6 Å². The van der Waals surface area contributed by atoms with Crippen molar-refractivity contribution < 1.29 is 19.1 Å². The summed E-state index contributed by atoms with van der Waals surface area (Å²) in [6.45, 7) is 3.75. The highest BCUT2D eigenvalue weighted by molar-refractivity contribution is 7.99. The maximum atomic E-state index is 12.8. The van der Waals surface area contributed by atoms with E-state index in [1.807, 2.05) is 6.92 Å². The molecule has 0 radical (unpaired) electrons. The zero-order valence-corrected chi connectivity index (χ0v) is 17.4. The van der Waals surface area contributed by atoms with E-state index in [4.69, 9.17) is 0 Å². The van der Waals surface area contributed by atoms with E-state index in [1.165, 1.54) is 11.7 Å². The highest BCUT2D eigenvalue weighted by Crippen LogP contribution is 2.17. The zero-order chi connectivity index (χ0) is 21.4. The molecule has 0 spiro atoms. The van der Waals surface area contributed by atoms with Crippen molar-refractivity contribution in [3.63, 3.8) is 0 Å². The molecular weight excluding hydrogens is 396 g/mol. The van der Waals surface area contributed by atoms with Gasteiger partial charge in [-0.1, -0.05) is 30.8 Å². The maximum Gasteiger partial charge on any atom is 0.325 e. The van der Waals surface area contributed by atoms with Crippen LogP contribution in [0.2, 0.25) is 0 Å². The van der Waals surface area contributed by atoms with Crippen molar-refractivity contribution in [3.05, 3.63) is 34.6 Å². The lowest BCUT2D eigenvalue weighted by molar-refractivity contribution is -0.141. The second-order valence-corrected chi connectivity index (χ2v) is 7.19. The fraction of sp³-hybridized carbons (Fsp3) is 0.421. The minimum absolute atomic E-state index is 0.0721. The van der Waals surface area contributed by atoms with Gasteiger partial charge in [0.15, 0.2) is 5.16 Å². The number of methoxy groups -OCH3 is 1. The number of nitrogens with one attached hydrogen (secondary N) is 2. The lowest BCUT2D eigenvalue weighted by atomic mass is 10.2. The molecule has 0 aliphatic heterocycles. The fourth-order valence-corrected chi connectivity index (χ4v) is 3.28. The Labute approximate surface area is 172 Å². The number of fused-ring (bicyclic) bond motifs is 1. The second-order valence-electron chi connectivity index (χ2n) is 6.25. The number of rotatable bonds is 9. The molecule has 29 heavy (non-hydrogen) atoms. The number of esters is 1. The normalized spacial score (nSPS) is 11.7. The SMILES string of the molecule is CCCNC(=O)[C@@H](C)NC(=O)CSc1nc2ccccc2c(=O)n1CC(=O)OC. The van der Waals surface area contributed by atoms with Crippen molar-refractivity contribution >= 4 is 40.4 Å². The van der Waals surface area contributed by atoms with E-state index in [-0.39, 0.29) is 29.3 Å². The van der Waals surface area contributed by atoms with Crippen LogP contribution in [-0.4, -0.2) is 52.8 Å². The molecule has 0 unspecified atom stereocenters. The summed E-state index contributed by atoms with van der Waals surface area (Å²) < 4.78 is 5.84. The Bertz CT molecular complexity index is 959. The standard InChI is InChI=1S/C19H24N4O5S/c1-4-9-20-17(26)12(2)21-15(24)11-29-19-22-14-8-6-5-7-13(14)18(27)23(19)10-16(25)28-3/h5-8,12H,4,9-11H2,1-3H3,(H,20,26)(H,21,24)/t12-/m1/s1. The highest BCUT2D eigenvalue weighted by Gasteiger charge is 2.18. The molecule has 0 aliphatic rings. The number of carbonyl (C=O) groups excluding carboxylic acids is 3. The minimum atomic E-state index is -0.684. The number of amides is 2. The fourth-order valence-electron chi connectivity index (χ4n) is 2.47. The summed E-state index contributed by atoms with van der Waals surface area (Å²) in [5.41, 5.74) is 0.0741. The number of benzene rings is 1. The third kappa shape index (κ3) is 6.05. The Morgan fingerprint density at radius 2 is 2.00 bits per heavy atom. The van der Waals surface area contributed by atoms with Gasteiger partial charge < -0.3 is 15.4 Å². The van der Waals surface area contributed by atoms with Gasteiger partial charge in [-0.15, -0.1) is 0 Å². The molecule has 1 heterocycles. The van der Waals surface area contributed by atoms with Crippen LogP contribution in [0, 0.1) is 0 Å². The second kappa shape index (κ2) is 10.6. The van der Waals surface area contributed by atoms with Crippen molar-refractivity contribution in [2.24, 2.45) is 0 Å². The van der Waals surface area contributed by atoms with Crippen LogP contribution in [0.1, 0.15) is 20.3 Å². The van der Waals surface area contributed by atoms with Crippen LogP contribution in [0.3, 0.4) is 0 Å². The van der Waals surface area contributed by atoms with Gasteiger partial charge in [-0.2, -0.15) is 0 Å². The summed E-state index contributed by atoms with van der Waals surface area (Å²) >= 11 is 1.01. The van der Waals surface area contributed by atoms with Gasteiger partial charge in [-0.3, -0.25) is 23.7 Å². The van der Waals surface area contributed by atoms with Crippen molar-refractivity contribution in [3.8, 4) is 0 Å². The quantitative estimate of drug-likeness (QED) is 0.348. The molecule has 2 aromatic rings. The molecule has 1 aromatic carbocycles. The van der Waals surface area contributed by atoms with Crippen LogP contribution in [0.25, 0.3) is 10.9 Å². The predicted octanol–water partition coefficient (Wildman–Crippen LogP) is 0.692. The lowest BCUT2D eigenvalue weighted by Crippen LogP contribution is -2.45. The first kappa shape index (κ1) is 22.4. The molecule has 1 aromatic heterocycles. The number of para-hydroxylation sites is 1. The number of hydrogen-bond acceptors (Lipinski definition) is 7. The Balaban J connectivity index is 2.16. The number of carbonyl (C=O) groups is 3. The average Bonchev–Trinajstić information content (AvgIpc) is 2.72. The first-order chi connectivity index (χ1) is 13.9. The van der Waals surface area contributed by atoms with Gasteiger partial charge in [-0.05, 0) is 25.5 Å². The summed E-state index contributed by atoms with van der Waals surface area (Å²) in [7, 11) is 1.23. The van der Waals surface area contributed by atoms with Crippen LogP contribution in [0.4, 0.5) is 0 Å². The molecule has 0 saturated heterocycles. The topological polar surface area (TPSA) is 119 Å². The molecule has 156 valence electrons. The van der Waals surface area contributed by atoms with Crippen molar-refractivity contribution in [1.82, 2.24) is 20.2 Å². The Kier molecular flexibility index (Phi) is 8.20. The summed E-state index contributed by atoms with van der Waals surface area (Å²) in [6.07, 6.45) is 0.799. The molecular formula is C19H24N4O5S. The number of hydrogen-bond donors (Lipinski definition) is 2. The summed E-state index contributed by atoms with van der Waals surface area (Å²) in [6, 6.07) is 6.08. The van der Waals surface area contributed by atoms with Crippen LogP contribution in [-0.2, 0) is 25.7 Å². The first-order valence-corrected chi connectivity index (χ1v) is 10.1. The first-order valence-electron chi connectivity index (χ1n) is 9.13. The lowest BCUT2D eigenvalue weighted by Gasteiger charge is -2.15. The van der Waals surface area contributed by atoms with Crippen LogP contribution in [0.15, 0.2) is 34.2 Å². The van der Waals surface area contributed by atoms with Crippen LogP contribution >= 0.6 is 11.8 Å². The molecule has 0 saturated carbocycles. The van der Waals surface area contributed by atoms with E-state index in [1.54, 1.807) is 31.2 Å². The third-order valence-corrected chi connectivity index (χ3v) is 4.97. The number of nitrogens with zero attached hydrogens (tertiary/aromatic N) is 2. The van der Waals surface area contributed by atoms with E-state index in [0.717, 1.165) is 18.2 Å². The van der Waals surface area contributed by atoms with E-state index < -0.39 is 17.6 Å². The molecule has 2 amide bonds. The van der Waals surface area contributed by atoms with Crippen molar-refractivity contribution in [1.29, 1.82) is 0 Å². The van der Waals surface area contributed by atoms with Crippen LogP contribution in [0.5, 0.6) is 0 Å². The molecule has 0 aliphatic carbocycles. The van der Waals surface area contributed by atoms with Gasteiger partial charge >= 0.3 is 5.97 Å². The van der Waals surface area contributed by atoms with Gasteiger partial charge in [0, 0.05) is 6.54 Å². The Hall–Kier alpha value is -2.88. The Morgan fingerprint density at radius 1 is 1.28 bits per heavy atom. The molecule has 0 fully saturated rings. The largest absolute Gasteiger partial charge is 0.468 e. The van der Waals surface area contributed by atoms with Gasteiger partial charge in [0.25, 0.3) is 5.56 Å². The maximum absolute atomic E-state index is 12.8. The molecule has 1 atom stereocenters. The molecule has 2 rings (SSSR count). The van der Waals surface area contributed by atoms with E-state index >= 15 is 0 Å². The zero-order valence-electron chi connectivity index (χ0n) is 16.6. The molecule has 9 nitrogen and oxygen atoms in total. The van der Waals surface area contributed by atoms with E-state index in [9.17, 15) is 19.2 Å². The number of aromatic nitrogens is 2.